The van der Waals surface area contributed by atoms with Gasteiger partial charge in [-0.05, 0) is 12.1 Å². The Bertz CT molecular complexity index is 754. The van der Waals surface area contributed by atoms with Crippen molar-refractivity contribution in [1.29, 1.82) is 0 Å². The molecular weight excluding hydrogens is 348 g/mol. The Hall–Kier alpha value is -3.62. The van der Waals surface area contributed by atoms with Crippen LogP contribution in [0.3, 0.4) is 0 Å². The fraction of sp³-hybridized carbons (Fsp3) is 0.176. The number of carbonyl (C=O) groups is 2. The summed E-state index contributed by atoms with van der Waals surface area (Å²) < 4.78 is 14.9. The van der Waals surface area contributed by atoms with Gasteiger partial charge in [0.2, 0.25) is 0 Å². The van der Waals surface area contributed by atoms with E-state index in [1.165, 1.54) is 51.7 Å². The Labute approximate surface area is 148 Å². The maximum atomic E-state index is 11.0. The van der Waals surface area contributed by atoms with Crippen molar-refractivity contribution in [2.24, 2.45) is 0 Å². The second kappa shape index (κ2) is 9.02. The van der Waals surface area contributed by atoms with Crippen molar-refractivity contribution < 1.29 is 44.2 Å². The third-order valence-electron chi connectivity index (χ3n) is 3.16. The number of aromatic hydroxyl groups is 2. The van der Waals surface area contributed by atoms with Crippen LogP contribution in [-0.4, -0.2) is 53.7 Å². The van der Waals surface area contributed by atoms with Gasteiger partial charge >= 0.3 is 11.9 Å². The summed E-state index contributed by atoms with van der Waals surface area (Å²) >= 11 is 0. The molecule has 0 heterocycles. The Balaban J connectivity index is 0.000000273. The Morgan fingerprint density at radius 3 is 1.46 bits per heavy atom. The van der Waals surface area contributed by atoms with Crippen molar-refractivity contribution in [3.63, 3.8) is 0 Å². The Kier molecular flexibility index (Phi) is 7.08. The number of ether oxygens (including phenoxy) is 3. The third kappa shape index (κ3) is 4.69. The number of aromatic carboxylic acids is 2. The van der Waals surface area contributed by atoms with E-state index in [2.05, 4.69) is 0 Å². The maximum Gasteiger partial charge on any atom is 0.343 e. The lowest BCUT2D eigenvalue weighted by Crippen LogP contribution is -2.04. The van der Waals surface area contributed by atoms with E-state index < -0.39 is 29.0 Å². The molecule has 140 valence electrons. The number of rotatable bonds is 5. The van der Waals surface area contributed by atoms with Gasteiger partial charge in [-0.15, -0.1) is 0 Å². The van der Waals surface area contributed by atoms with Crippen molar-refractivity contribution >= 4 is 11.9 Å². The van der Waals surface area contributed by atoms with Gasteiger partial charge in [0.05, 0.1) is 21.3 Å². The van der Waals surface area contributed by atoms with E-state index in [9.17, 15) is 9.59 Å². The molecule has 0 radical (unpaired) electrons. The van der Waals surface area contributed by atoms with Crippen molar-refractivity contribution in [1.82, 2.24) is 0 Å². The highest BCUT2D eigenvalue weighted by Crippen LogP contribution is 2.33. The van der Waals surface area contributed by atoms with E-state index in [1.807, 2.05) is 0 Å². The molecule has 0 aliphatic heterocycles. The van der Waals surface area contributed by atoms with Gasteiger partial charge in [-0.1, -0.05) is 6.07 Å². The molecule has 0 aliphatic rings. The molecule has 2 rings (SSSR count). The second-order valence-electron chi connectivity index (χ2n) is 4.69. The standard InChI is InChI=1S/C10H12O5.C7H6O4/c1-13-6-4-7(14-2)9(10(11)12)8(5-6)15-3;8-4-2-1-3-5(9)6(4)7(10)11/h4-5H,1-3H3,(H,11,12);1-3,8-9H,(H,10,11). The largest absolute Gasteiger partial charge is 0.507 e. The van der Waals surface area contributed by atoms with Gasteiger partial charge in [-0.3, -0.25) is 0 Å². The van der Waals surface area contributed by atoms with Crippen LogP contribution in [0.25, 0.3) is 0 Å². The number of carboxylic acids is 2. The molecule has 0 saturated carbocycles. The topological polar surface area (TPSA) is 143 Å². The van der Waals surface area contributed by atoms with Crippen molar-refractivity contribution in [2.75, 3.05) is 21.3 Å². The summed E-state index contributed by atoms with van der Waals surface area (Å²) in [7, 11) is 4.26. The average Bonchev–Trinajstić information content (AvgIpc) is 2.60. The van der Waals surface area contributed by atoms with Crippen molar-refractivity contribution in [3.05, 3.63) is 41.5 Å². The van der Waals surface area contributed by atoms with Crippen LogP contribution >= 0.6 is 0 Å². The van der Waals surface area contributed by atoms with Crippen molar-refractivity contribution in [2.45, 2.75) is 0 Å². The highest BCUT2D eigenvalue weighted by molar-refractivity contribution is 5.94. The zero-order valence-electron chi connectivity index (χ0n) is 14.2. The molecule has 2 aromatic rings. The third-order valence-corrected chi connectivity index (χ3v) is 3.16. The van der Waals surface area contributed by atoms with E-state index >= 15 is 0 Å². The van der Waals surface area contributed by atoms with Crippen LogP contribution in [0.4, 0.5) is 0 Å². The fourth-order valence-electron chi connectivity index (χ4n) is 1.96. The first-order chi connectivity index (χ1) is 12.3. The van der Waals surface area contributed by atoms with Gasteiger partial charge in [0.15, 0.2) is 0 Å². The van der Waals surface area contributed by atoms with Gasteiger partial charge in [0.1, 0.15) is 39.9 Å². The zero-order chi connectivity index (χ0) is 19.9. The van der Waals surface area contributed by atoms with Crippen LogP contribution < -0.4 is 14.2 Å². The number of benzene rings is 2. The van der Waals surface area contributed by atoms with Gasteiger partial charge < -0.3 is 34.6 Å². The van der Waals surface area contributed by atoms with Crippen LogP contribution in [0, 0.1) is 0 Å². The molecule has 2 aromatic carbocycles. The first-order valence-corrected chi connectivity index (χ1v) is 7.04. The molecule has 4 N–H and O–H groups in total. The lowest BCUT2D eigenvalue weighted by atomic mass is 10.1. The quantitative estimate of drug-likeness (QED) is 0.626. The zero-order valence-corrected chi connectivity index (χ0v) is 14.2. The van der Waals surface area contributed by atoms with E-state index in [4.69, 9.17) is 34.6 Å². The smallest absolute Gasteiger partial charge is 0.343 e. The monoisotopic (exact) mass is 366 g/mol. The lowest BCUT2D eigenvalue weighted by molar-refractivity contribution is 0.0678. The molecule has 0 atom stereocenters. The molecule has 0 fully saturated rings. The second-order valence-corrected chi connectivity index (χ2v) is 4.69. The van der Waals surface area contributed by atoms with Crippen LogP contribution in [0.1, 0.15) is 20.7 Å². The molecule has 0 bridgehead atoms. The molecule has 9 nitrogen and oxygen atoms in total. The predicted octanol–water partition coefficient (Wildman–Crippen LogP) is 2.21. The van der Waals surface area contributed by atoms with E-state index in [0.29, 0.717) is 5.75 Å². The molecule has 9 heteroatoms. The maximum absolute atomic E-state index is 11.0. The highest BCUT2D eigenvalue weighted by Gasteiger charge is 2.19. The number of methoxy groups -OCH3 is 3. The summed E-state index contributed by atoms with van der Waals surface area (Å²) in [5, 5.41) is 35.2. The molecular formula is C17H18O9. The molecule has 0 aromatic heterocycles. The number of hydrogen-bond donors (Lipinski definition) is 4. The Morgan fingerprint density at radius 1 is 0.769 bits per heavy atom. The summed E-state index contributed by atoms with van der Waals surface area (Å²) in [4.78, 5) is 21.3. The Morgan fingerprint density at radius 2 is 1.19 bits per heavy atom. The number of hydrogen-bond acceptors (Lipinski definition) is 7. The molecule has 26 heavy (non-hydrogen) atoms. The summed E-state index contributed by atoms with van der Waals surface area (Å²) in [6.45, 7) is 0. The minimum Gasteiger partial charge on any atom is -0.507 e. The van der Waals surface area contributed by atoms with Crippen LogP contribution in [0.5, 0.6) is 28.7 Å². The van der Waals surface area contributed by atoms with Crippen LogP contribution in [0.2, 0.25) is 0 Å². The van der Waals surface area contributed by atoms with E-state index in [-0.39, 0.29) is 17.1 Å². The van der Waals surface area contributed by atoms with E-state index in [1.54, 1.807) is 0 Å². The SMILES string of the molecule is COc1cc(OC)c(C(=O)O)c(OC)c1.O=C(O)c1c(O)cccc1O. The van der Waals surface area contributed by atoms with Crippen LogP contribution in [0.15, 0.2) is 30.3 Å². The van der Waals surface area contributed by atoms with Gasteiger partial charge in [-0.25, -0.2) is 9.59 Å². The van der Waals surface area contributed by atoms with Gasteiger partial charge in [-0.2, -0.15) is 0 Å². The number of phenols is 2. The average molecular weight is 366 g/mol. The highest BCUT2D eigenvalue weighted by atomic mass is 16.5. The fourth-order valence-corrected chi connectivity index (χ4v) is 1.96. The normalized spacial score (nSPS) is 9.50. The lowest BCUT2D eigenvalue weighted by Gasteiger charge is -2.11. The summed E-state index contributed by atoms with van der Waals surface area (Å²) in [5.41, 5.74) is -0.478. The minimum atomic E-state index is -1.35. The molecule has 0 amide bonds. The summed E-state index contributed by atoms with van der Waals surface area (Å²) in [5.74, 6) is -2.42. The van der Waals surface area contributed by atoms with Crippen LogP contribution in [-0.2, 0) is 0 Å². The molecule has 0 spiro atoms. The molecule has 0 aliphatic carbocycles. The summed E-state index contributed by atoms with van der Waals surface area (Å²) in [6.07, 6.45) is 0. The first kappa shape index (κ1) is 20.4. The molecule has 0 saturated heterocycles. The summed E-state index contributed by atoms with van der Waals surface area (Å²) in [6, 6.07) is 6.74. The van der Waals surface area contributed by atoms with Gasteiger partial charge in [0.25, 0.3) is 0 Å². The number of carboxylic acid groups (broad SMARTS) is 2. The van der Waals surface area contributed by atoms with Gasteiger partial charge in [0, 0.05) is 12.1 Å². The molecule has 0 unspecified atom stereocenters. The first-order valence-electron chi connectivity index (χ1n) is 7.04. The van der Waals surface area contributed by atoms with E-state index in [0.717, 1.165) is 0 Å². The minimum absolute atomic E-state index is 0.0131. The predicted molar refractivity (Wildman–Crippen MR) is 89.8 cm³/mol. The van der Waals surface area contributed by atoms with Crippen molar-refractivity contribution in [3.8, 4) is 28.7 Å².